The molecule has 0 radical (unpaired) electrons. The number of amides is 2. The number of aromatic nitrogens is 2. The third kappa shape index (κ3) is 7.83. The summed E-state index contributed by atoms with van der Waals surface area (Å²) in [6.07, 6.45) is 4.09. The Labute approximate surface area is 258 Å². The number of benzene rings is 2. The molecule has 1 aliphatic carbocycles. The van der Waals surface area contributed by atoms with Crippen LogP contribution in [0.5, 0.6) is 11.5 Å². The number of ether oxygens (including phenoxy) is 2. The minimum atomic E-state index is -0.808. The van der Waals surface area contributed by atoms with Crippen molar-refractivity contribution >= 4 is 17.8 Å². The van der Waals surface area contributed by atoms with Crippen LogP contribution in [0.1, 0.15) is 46.9 Å². The number of methoxy groups -OCH3 is 2. The number of nitrogens with one attached hydrogen (secondary N) is 2. The lowest BCUT2D eigenvalue weighted by molar-refractivity contribution is -0.129. The van der Waals surface area contributed by atoms with Gasteiger partial charge in [-0.2, -0.15) is 0 Å². The first-order valence-corrected chi connectivity index (χ1v) is 15.2. The maximum atomic E-state index is 13.0. The molecular formula is C33H42N6O5. The van der Waals surface area contributed by atoms with Gasteiger partial charge in [-0.15, -0.1) is 0 Å². The summed E-state index contributed by atoms with van der Waals surface area (Å²) >= 11 is 0. The van der Waals surface area contributed by atoms with Gasteiger partial charge in [-0.25, -0.2) is 9.97 Å². The third-order valence-electron chi connectivity index (χ3n) is 8.52. The number of anilines is 1. The molecule has 2 aromatic carbocycles. The van der Waals surface area contributed by atoms with Crippen LogP contribution in [0.25, 0.3) is 0 Å². The Hall–Kier alpha value is -4.22. The Kier molecular flexibility index (Phi) is 10.3. The Morgan fingerprint density at radius 2 is 1.80 bits per heavy atom. The molecule has 2 heterocycles. The van der Waals surface area contributed by atoms with Gasteiger partial charge in [-0.3, -0.25) is 14.5 Å². The third-order valence-corrected chi connectivity index (χ3v) is 8.52. The minimum Gasteiger partial charge on any atom is -0.497 e. The molecule has 1 atom stereocenters. The summed E-state index contributed by atoms with van der Waals surface area (Å²) in [5.41, 5.74) is 3.87. The number of likely N-dealkylation sites (tertiary alicyclic amines) is 1. The van der Waals surface area contributed by atoms with Crippen molar-refractivity contribution in [2.45, 2.75) is 57.3 Å². The van der Waals surface area contributed by atoms with Crippen molar-refractivity contribution in [3.63, 3.8) is 0 Å². The lowest BCUT2D eigenvalue weighted by atomic mass is 10.1. The van der Waals surface area contributed by atoms with Crippen molar-refractivity contribution in [1.82, 2.24) is 25.1 Å². The van der Waals surface area contributed by atoms with E-state index < -0.39 is 6.10 Å². The van der Waals surface area contributed by atoms with Gasteiger partial charge in [-0.05, 0) is 48.9 Å². The summed E-state index contributed by atoms with van der Waals surface area (Å²) in [7, 11) is 3.27. The molecule has 11 heteroatoms. The van der Waals surface area contributed by atoms with Crippen LogP contribution in [0.15, 0.2) is 54.7 Å². The van der Waals surface area contributed by atoms with Crippen molar-refractivity contribution in [2.24, 2.45) is 0 Å². The summed E-state index contributed by atoms with van der Waals surface area (Å²) in [6, 6.07) is 16.1. The number of fused-ring (bicyclic) bond motifs is 1. The van der Waals surface area contributed by atoms with Crippen LogP contribution in [0, 0.1) is 0 Å². The van der Waals surface area contributed by atoms with Crippen LogP contribution in [0.2, 0.25) is 0 Å². The monoisotopic (exact) mass is 602 g/mol. The van der Waals surface area contributed by atoms with Gasteiger partial charge >= 0.3 is 0 Å². The summed E-state index contributed by atoms with van der Waals surface area (Å²) in [5.74, 6) is 1.52. The van der Waals surface area contributed by atoms with Gasteiger partial charge < -0.3 is 30.1 Å². The highest BCUT2D eigenvalue weighted by atomic mass is 16.5. The van der Waals surface area contributed by atoms with Gasteiger partial charge in [0.25, 0.3) is 5.91 Å². The largest absolute Gasteiger partial charge is 0.497 e. The number of aliphatic hydroxyl groups excluding tert-OH is 1. The van der Waals surface area contributed by atoms with Crippen LogP contribution in [0.4, 0.5) is 5.95 Å². The number of rotatable bonds is 12. The van der Waals surface area contributed by atoms with Gasteiger partial charge in [0.15, 0.2) is 0 Å². The average molecular weight is 603 g/mol. The van der Waals surface area contributed by atoms with Gasteiger partial charge in [0.05, 0.1) is 20.3 Å². The fraction of sp³-hybridized carbons (Fsp3) is 0.455. The van der Waals surface area contributed by atoms with Crippen molar-refractivity contribution in [1.29, 1.82) is 0 Å². The number of carbonyl (C=O) groups is 2. The highest BCUT2D eigenvalue weighted by Crippen LogP contribution is 2.30. The topological polar surface area (TPSA) is 129 Å². The van der Waals surface area contributed by atoms with Crippen molar-refractivity contribution in [2.75, 3.05) is 45.7 Å². The zero-order valence-corrected chi connectivity index (χ0v) is 25.7. The molecule has 1 aliphatic heterocycles. The van der Waals surface area contributed by atoms with E-state index in [1.807, 2.05) is 23.1 Å². The lowest BCUT2D eigenvalue weighted by Crippen LogP contribution is -2.44. The molecule has 3 aromatic rings. The van der Waals surface area contributed by atoms with Crippen LogP contribution < -0.4 is 20.1 Å². The normalized spacial score (nSPS) is 16.0. The van der Waals surface area contributed by atoms with Crippen LogP contribution >= 0.6 is 0 Å². The second-order valence-corrected chi connectivity index (χ2v) is 11.5. The predicted octanol–water partition coefficient (Wildman–Crippen LogP) is 2.68. The average Bonchev–Trinajstić information content (AvgIpc) is 3.48. The Balaban J connectivity index is 1.20. The van der Waals surface area contributed by atoms with E-state index in [0.29, 0.717) is 32.1 Å². The van der Waals surface area contributed by atoms with E-state index in [9.17, 15) is 14.7 Å². The molecule has 1 unspecified atom stereocenters. The summed E-state index contributed by atoms with van der Waals surface area (Å²) < 4.78 is 11.0. The fourth-order valence-corrected chi connectivity index (χ4v) is 6.05. The van der Waals surface area contributed by atoms with Crippen molar-refractivity contribution in [3.05, 3.63) is 77.1 Å². The number of carbonyl (C=O) groups excluding carboxylic acids is 2. The molecule has 5 rings (SSSR count). The van der Waals surface area contributed by atoms with Gasteiger partial charge in [-0.1, -0.05) is 30.3 Å². The minimum absolute atomic E-state index is 0.0744. The van der Waals surface area contributed by atoms with Crippen LogP contribution in [-0.2, 0) is 24.2 Å². The maximum absolute atomic E-state index is 13.0. The molecule has 0 bridgehead atoms. The molecule has 2 amide bonds. The fourth-order valence-electron chi connectivity index (χ4n) is 6.05. The number of nitrogens with zero attached hydrogens (tertiary/aromatic N) is 4. The van der Waals surface area contributed by atoms with Crippen molar-refractivity contribution in [3.8, 4) is 11.5 Å². The Morgan fingerprint density at radius 3 is 2.45 bits per heavy atom. The first-order valence-electron chi connectivity index (χ1n) is 15.2. The molecule has 44 heavy (non-hydrogen) atoms. The zero-order chi connectivity index (χ0) is 31.1. The molecule has 0 spiro atoms. The highest BCUT2D eigenvalue weighted by molar-refractivity contribution is 5.92. The number of hydrogen-bond acceptors (Lipinski definition) is 9. The highest BCUT2D eigenvalue weighted by Gasteiger charge is 2.29. The van der Waals surface area contributed by atoms with E-state index in [2.05, 4.69) is 49.8 Å². The van der Waals surface area contributed by atoms with E-state index in [0.717, 1.165) is 42.7 Å². The van der Waals surface area contributed by atoms with E-state index in [4.69, 9.17) is 9.47 Å². The van der Waals surface area contributed by atoms with Gasteiger partial charge in [0.2, 0.25) is 11.9 Å². The molecule has 11 nitrogen and oxygen atoms in total. The van der Waals surface area contributed by atoms with Crippen LogP contribution in [0.3, 0.4) is 0 Å². The molecule has 1 saturated heterocycles. The SMILES string of the molecule is COc1ccc(CN(CC(O)CNC(=O)c2ccnc(NC3CCN(C(C)=O)CC3)n2)C2Cc3ccccc3C2)c(OC)c1. The number of hydrogen-bond donors (Lipinski definition) is 3. The smallest absolute Gasteiger partial charge is 0.270 e. The Morgan fingerprint density at radius 1 is 1.07 bits per heavy atom. The summed E-state index contributed by atoms with van der Waals surface area (Å²) in [5, 5.41) is 17.3. The molecule has 2 aliphatic rings. The second-order valence-electron chi connectivity index (χ2n) is 11.5. The molecule has 234 valence electrons. The maximum Gasteiger partial charge on any atom is 0.270 e. The van der Waals surface area contributed by atoms with Crippen LogP contribution in [-0.4, -0.2) is 95.3 Å². The molecule has 1 aromatic heterocycles. The molecule has 1 fully saturated rings. The summed E-state index contributed by atoms with van der Waals surface area (Å²) in [4.78, 5) is 37.4. The first kappa shape index (κ1) is 31.2. The quantitative estimate of drug-likeness (QED) is 0.287. The van der Waals surface area contributed by atoms with E-state index in [1.54, 1.807) is 33.4 Å². The molecule has 0 saturated carbocycles. The first-order chi connectivity index (χ1) is 21.3. The van der Waals surface area contributed by atoms with E-state index in [1.165, 1.54) is 11.1 Å². The second kappa shape index (κ2) is 14.5. The van der Waals surface area contributed by atoms with Gasteiger partial charge in [0, 0.05) is 69.6 Å². The number of piperidine rings is 1. The predicted molar refractivity (Wildman–Crippen MR) is 167 cm³/mol. The standard InChI is InChI=1S/C33H42N6O5/c1-22(40)38-14-11-26(12-15-38)36-33-34-13-10-30(37-33)32(42)35-19-28(41)21-39(27-16-23-6-4-5-7-24(23)17-27)20-25-8-9-29(43-2)18-31(25)44-3/h4-10,13,18,26-28,41H,11-12,14-17,19-21H2,1-3H3,(H,35,42)(H,34,36,37). The lowest BCUT2D eigenvalue weighted by Gasteiger charge is -2.31. The molecule has 3 N–H and O–H groups in total. The zero-order valence-electron chi connectivity index (χ0n) is 25.7. The molecular weight excluding hydrogens is 560 g/mol. The Bertz CT molecular complexity index is 1420. The van der Waals surface area contributed by atoms with Crippen molar-refractivity contribution < 1.29 is 24.2 Å². The van der Waals surface area contributed by atoms with E-state index in [-0.39, 0.29) is 36.1 Å². The summed E-state index contributed by atoms with van der Waals surface area (Å²) in [6.45, 7) is 3.96. The van der Waals surface area contributed by atoms with Gasteiger partial charge in [0.1, 0.15) is 17.2 Å². The number of aliphatic hydroxyl groups is 1. The van der Waals surface area contributed by atoms with E-state index >= 15 is 0 Å².